The molecule has 0 spiro atoms. The second-order valence-electron chi connectivity index (χ2n) is 7.72. The number of rotatable bonds is 6. The molecule has 0 atom stereocenters. The minimum absolute atomic E-state index is 0.177. The van der Waals surface area contributed by atoms with Crippen LogP contribution in [-0.2, 0) is 0 Å². The topological polar surface area (TPSA) is 83.8 Å². The Hall–Kier alpha value is -4.19. The molecular weight excluding hydrogens is 414 g/mol. The van der Waals surface area contributed by atoms with E-state index in [0.29, 0.717) is 23.6 Å². The Morgan fingerprint density at radius 2 is 1.76 bits per heavy atom. The SMILES string of the molecule is CCOc1ccc(-c2cc(C(=O)NN=C(C)c3ccc(O)cc3)c3cc(C)ccc3n2)cc1. The summed E-state index contributed by atoms with van der Waals surface area (Å²) in [6, 6.07) is 22.0. The summed E-state index contributed by atoms with van der Waals surface area (Å²) in [5.41, 5.74) is 7.95. The molecule has 0 fully saturated rings. The molecule has 0 aliphatic heterocycles. The number of ether oxygens (including phenoxy) is 1. The van der Waals surface area contributed by atoms with Crippen LogP contribution in [0.2, 0.25) is 0 Å². The highest BCUT2D eigenvalue weighted by atomic mass is 16.5. The van der Waals surface area contributed by atoms with Crippen molar-refractivity contribution in [3.05, 3.63) is 89.5 Å². The largest absolute Gasteiger partial charge is 0.508 e. The van der Waals surface area contributed by atoms with Gasteiger partial charge in [-0.15, -0.1) is 0 Å². The van der Waals surface area contributed by atoms with E-state index in [9.17, 15) is 9.90 Å². The van der Waals surface area contributed by atoms with Gasteiger partial charge in [0.1, 0.15) is 11.5 Å². The molecule has 1 heterocycles. The quantitative estimate of drug-likeness (QED) is 0.308. The van der Waals surface area contributed by atoms with E-state index < -0.39 is 0 Å². The van der Waals surface area contributed by atoms with Crippen LogP contribution in [0.1, 0.15) is 35.3 Å². The van der Waals surface area contributed by atoms with E-state index in [1.807, 2.05) is 56.3 Å². The lowest BCUT2D eigenvalue weighted by molar-refractivity contribution is 0.0956. The number of benzene rings is 3. The van der Waals surface area contributed by atoms with Crippen molar-refractivity contribution >= 4 is 22.5 Å². The van der Waals surface area contributed by atoms with E-state index in [4.69, 9.17) is 9.72 Å². The molecule has 0 aliphatic rings. The minimum Gasteiger partial charge on any atom is -0.508 e. The summed E-state index contributed by atoms with van der Waals surface area (Å²) in [5.74, 6) is 0.643. The maximum absolute atomic E-state index is 13.2. The van der Waals surface area contributed by atoms with Crippen molar-refractivity contribution in [2.45, 2.75) is 20.8 Å². The van der Waals surface area contributed by atoms with Crippen LogP contribution >= 0.6 is 0 Å². The number of aromatic nitrogens is 1. The molecule has 4 rings (SSSR count). The highest BCUT2D eigenvalue weighted by molar-refractivity contribution is 6.08. The van der Waals surface area contributed by atoms with Crippen molar-refractivity contribution in [1.82, 2.24) is 10.4 Å². The zero-order chi connectivity index (χ0) is 23.4. The molecule has 33 heavy (non-hydrogen) atoms. The molecule has 0 unspecified atom stereocenters. The third-order valence-corrected chi connectivity index (χ3v) is 5.28. The fraction of sp³-hybridized carbons (Fsp3) is 0.148. The Bertz CT molecular complexity index is 1330. The minimum atomic E-state index is -0.321. The number of pyridine rings is 1. The highest BCUT2D eigenvalue weighted by Gasteiger charge is 2.14. The predicted molar refractivity (Wildman–Crippen MR) is 131 cm³/mol. The first-order valence-corrected chi connectivity index (χ1v) is 10.7. The van der Waals surface area contributed by atoms with Crippen LogP contribution in [0.25, 0.3) is 22.2 Å². The van der Waals surface area contributed by atoms with Crippen molar-refractivity contribution in [2.24, 2.45) is 5.10 Å². The number of amides is 1. The molecule has 3 aromatic carbocycles. The average Bonchev–Trinajstić information content (AvgIpc) is 2.83. The zero-order valence-electron chi connectivity index (χ0n) is 18.8. The van der Waals surface area contributed by atoms with Gasteiger partial charge in [-0.1, -0.05) is 11.6 Å². The van der Waals surface area contributed by atoms with Gasteiger partial charge < -0.3 is 9.84 Å². The third kappa shape index (κ3) is 5.01. The Labute approximate surface area is 192 Å². The number of fused-ring (bicyclic) bond motifs is 1. The summed E-state index contributed by atoms with van der Waals surface area (Å²) < 4.78 is 5.53. The lowest BCUT2D eigenvalue weighted by Crippen LogP contribution is -2.20. The van der Waals surface area contributed by atoms with E-state index in [-0.39, 0.29) is 11.7 Å². The molecule has 0 bridgehead atoms. The van der Waals surface area contributed by atoms with E-state index in [2.05, 4.69) is 10.5 Å². The molecule has 6 heteroatoms. The maximum Gasteiger partial charge on any atom is 0.272 e. The zero-order valence-corrected chi connectivity index (χ0v) is 18.8. The van der Waals surface area contributed by atoms with Gasteiger partial charge in [-0.2, -0.15) is 5.10 Å². The van der Waals surface area contributed by atoms with Gasteiger partial charge >= 0.3 is 0 Å². The number of hydrogen-bond donors (Lipinski definition) is 2. The van der Waals surface area contributed by atoms with E-state index in [1.54, 1.807) is 37.3 Å². The van der Waals surface area contributed by atoms with Crippen LogP contribution < -0.4 is 10.2 Å². The van der Waals surface area contributed by atoms with Gasteiger partial charge in [0.2, 0.25) is 0 Å². The van der Waals surface area contributed by atoms with Crippen LogP contribution in [0.5, 0.6) is 11.5 Å². The Kier molecular flexibility index (Phi) is 6.36. The van der Waals surface area contributed by atoms with Crippen LogP contribution in [0.15, 0.2) is 77.9 Å². The smallest absolute Gasteiger partial charge is 0.272 e. The van der Waals surface area contributed by atoms with Crippen LogP contribution in [0, 0.1) is 6.92 Å². The first kappa shape index (κ1) is 22.0. The van der Waals surface area contributed by atoms with Gasteiger partial charge in [0.15, 0.2) is 0 Å². The van der Waals surface area contributed by atoms with Crippen LogP contribution in [0.4, 0.5) is 0 Å². The summed E-state index contributed by atoms with van der Waals surface area (Å²) >= 11 is 0. The monoisotopic (exact) mass is 439 g/mol. The number of aryl methyl sites for hydroxylation is 1. The number of phenols is 1. The summed E-state index contributed by atoms with van der Waals surface area (Å²) in [4.78, 5) is 18.0. The Morgan fingerprint density at radius 3 is 2.45 bits per heavy atom. The number of phenolic OH excluding ortho intramolecular Hbond substituents is 1. The van der Waals surface area contributed by atoms with Crippen molar-refractivity contribution < 1.29 is 14.6 Å². The second-order valence-corrected chi connectivity index (χ2v) is 7.72. The maximum atomic E-state index is 13.2. The van der Waals surface area contributed by atoms with Crippen molar-refractivity contribution in [2.75, 3.05) is 6.61 Å². The predicted octanol–water partition coefficient (Wildman–Crippen LogP) is 5.47. The van der Waals surface area contributed by atoms with Gasteiger partial charge in [0, 0.05) is 10.9 Å². The molecular formula is C27H25N3O3. The van der Waals surface area contributed by atoms with Crippen LogP contribution in [0.3, 0.4) is 0 Å². The normalized spacial score (nSPS) is 11.4. The Morgan fingerprint density at radius 1 is 1.03 bits per heavy atom. The third-order valence-electron chi connectivity index (χ3n) is 5.28. The molecule has 1 aromatic heterocycles. The summed E-state index contributed by atoms with van der Waals surface area (Å²) in [6.45, 7) is 6.32. The average molecular weight is 440 g/mol. The number of carbonyl (C=O) groups is 1. The van der Waals surface area contributed by atoms with Gasteiger partial charge in [-0.05, 0) is 93.1 Å². The van der Waals surface area contributed by atoms with Crippen molar-refractivity contribution in [3.63, 3.8) is 0 Å². The van der Waals surface area contributed by atoms with Crippen LogP contribution in [-0.4, -0.2) is 28.3 Å². The number of aromatic hydroxyl groups is 1. The van der Waals surface area contributed by atoms with E-state index in [0.717, 1.165) is 33.3 Å². The molecule has 4 aromatic rings. The molecule has 166 valence electrons. The first-order valence-electron chi connectivity index (χ1n) is 10.7. The molecule has 0 radical (unpaired) electrons. The second kappa shape index (κ2) is 9.53. The lowest BCUT2D eigenvalue weighted by atomic mass is 10.0. The first-order chi connectivity index (χ1) is 15.9. The highest BCUT2D eigenvalue weighted by Crippen LogP contribution is 2.27. The number of nitrogens with one attached hydrogen (secondary N) is 1. The number of hydrogen-bond acceptors (Lipinski definition) is 5. The van der Waals surface area contributed by atoms with Gasteiger partial charge in [-0.25, -0.2) is 10.4 Å². The standard InChI is InChI=1S/C27H25N3O3/c1-4-33-22-12-8-20(9-13-22)26-16-24(23-15-17(2)5-14-25(23)28-26)27(32)30-29-18(3)19-6-10-21(31)11-7-19/h5-16,31H,4H2,1-3H3,(H,30,32). The number of nitrogens with zero attached hydrogens (tertiary/aromatic N) is 2. The molecule has 0 aliphatic carbocycles. The Balaban J connectivity index is 1.70. The van der Waals surface area contributed by atoms with Crippen molar-refractivity contribution in [1.29, 1.82) is 0 Å². The molecule has 2 N–H and O–H groups in total. The molecule has 0 saturated heterocycles. The lowest BCUT2D eigenvalue weighted by Gasteiger charge is -2.11. The van der Waals surface area contributed by atoms with E-state index in [1.165, 1.54) is 0 Å². The van der Waals surface area contributed by atoms with Crippen molar-refractivity contribution in [3.8, 4) is 22.8 Å². The fourth-order valence-electron chi connectivity index (χ4n) is 3.53. The summed E-state index contributed by atoms with van der Waals surface area (Å²) in [5, 5.41) is 14.5. The number of hydrazone groups is 1. The number of carbonyl (C=O) groups excluding carboxylic acids is 1. The fourth-order valence-corrected chi connectivity index (χ4v) is 3.53. The molecule has 6 nitrogen and oxygen atoms in total. The summed E-state index contributed by atoms with van der Waals surface area (Å²) in [6.07, 6.45) is 0. The van der Waals surface area contributed by atoms with Gasteiger partial charge in [-0.3, -0.25) is 4.79 Å². The van der Waals surface area contributed by atoms with E-state index >= 15 is 0 Å². The molecule has 0 saturated carbocycles. The molecule has 1 amide bonds. The van der Waals surface area contributed by atoms with Gasteiger partial charge in [0.05, 0.1) is 29.1 Å². The summed E-state index contributed by atoms with van der Waals surface area (Å²) in [7, 11) is 0. The van der Waals surface area contributed by atoms with Gasteiger partial charge in [0.25, 0.3) is 5.91 Å².